The number of hydrogen-bond acceptors (Lipinski definition) is 5. The van der Waals surface area contributed by atoms with Gasteiger partial charge in [0.15, 0.2) is 5.69 Å². The maximum Gasteiger partial charge on any atom is 0.357 e. The largest absolute Gasteiger partial charge is 0.464 e. The highest BCUT2D eigenvalue weighted by atomic mass is 32.1. The fraction of sp³-hybridized carbons (Fsp3) is 0.636. The van der Waals surface area contributed by atoms with Gasteiger partial charge < -0.3 is 10.5 Å². The van der Waals surface area contributed by atoms with Gasteiger partial charge in [-0.25, -0.2) is 9.78 Å². The first-order chi connectivity index (χ1) is 7.65. The number of ether oxygens (including phenoxy) is 1. The van der Waals surface area contributed by atoms with Crippen molar-refractivity contribution in [2.45, 2.75) is 37.6 Å². The predicted octanol–water partition coefficient (Wildman–Crippen LogP) is 2.05. The average Bonchev–Trinajstić information content (AvgIpc) is 2.79. The van der Waals surface area contributed by atoms with Crippen molar-refractivity contribution < 1.29 is 9.53 Å². The number of nitrogens with zero attached hydrogens (tertiary/aromatic N) is 1. The number of carbonyl (C=O) groups excluding carboxylic acids is 1. The van der Waals surface area contributed by atoms with Gasteiger partial charge in [-0.3, -0.25) is 0 Å². The lowest BCUT2D eigenvalue weighted by atomic mass is 9.83. The Labute approximate surface area is 98.8 Å². The van der Waals surface area contributed by atoms with Crippen LogP contribution in [0.3, 0.4) is 0 Å². The van der Waals surface area contributed by atoms with Crippen molar-refractivity contribution in [3.63, 3.8) is 0 Å². The van der Waals surface area contributed by atoms with Crippen LogP contribution in [0.2, 0.25) is 0 Å². The molecule has 1 heterocycles. The molecule has 1 fully saturated rings. The third-order valence-electron chi connectivity index (χ3n) is 3.07. The summed E-state index contributed by atoms with van der Waals surface area (Å²) in [5, 5.41) is 2.59. The van der Waals surface area contributed by atoms with E-state index in [0.717, 1.165) is 30.7 Å². The van der Waals surface area contributed by atoms with E-state index in [0.29, 0.717) is 5.69 Å². The second kappa shape index (κ2) is 4.51. The van der Waals surface area contributed by atoms with Crippen LogP contribution >= 0.6 is 11.3 Å². The third kappa shape index (κ3) is 2.10. The van der Waals surface area contributed by atoms with Crippen LogP contribution in [-0.2, 0) is 10.3 Å². The van der Waals surface area contributed by atoms with Gasteiger partial charge >= 0.3 is 5.97 Å². The molecular formula is C11H16N2O2S. The summed E-state index contributed by atoms with van der Waals surface area (Å²) < 4.78 is 4.63. The second-order valence-electron chi connectivity index (χ2n) is 4.25. The molecular weight excluding hydrogens is 224 g/mol. The van der Waals surface area contributed by atoms with E-state index in [4.69, 9.17) is 5.73 Å². The molecule has 0 spiro atoms. The monoisotopic (exact) mass is 240 g/mol. The Hall–Kier alpha value is -0.940. The number of thiazole rings is 1. The first kappa shape index (κ1) is 11.5. The highest BCUT2D eigenvalue weighted by Crippen LogP contribution is 2.36. The highest BCUT2D eigenvalue weighted by Gasteiger charge is 2.32. The lowest BCUT2D eigenvalue weighted by Crippen LogP contribution is -2.38. The standard InChI is InChI=1S/C11H16N2O2S/c1-15-9(14)8-7-16-10(13-8)11(12)5-3-2-4-6-11/h7H,2-6,12H2,1H3. The van der Waals surface area contributed by atoms with Crippen LogP contribution in [0.4, 0.5) is 0 Å². The van der Waals surface area contributed by atoms with Crippen LogP contribution in [0, 0.1) is 0 Å². The summed E-state index contributed by atoms with van der Waals surface area (Å²) in [6.45, 7) is 0. The van der Waals surface area contributed by atoms with Crippen molar-refractivity contribution in [1.82, 2.24) is 4.98 Å². The predicted molar refractivity (Wildman–Crippen MR) is 62.4 cm³/mol. The minimum absolute atomic E-state index is 0.324. The average molecular weight is 240 g/mol. The first-order valence-corrected chi connectivity index (χ1v) is 6.37. The van der Waals surface area contributed by atoms with Gasteiger partial charge in [-0.15, -0.1) is 11.3 Å². The maximum absolute atomic E-state index is 11.3. The summed E-state index contributed by atoms with van der Waals surface area (Å²) in [6.07, 6.45) is 5.45. The normalized spacial score (nSPS) is 19.4. The second-order valence-corrected chi connectivity index (χ2v) is 5.10. The van der Waals surface area contributed by atoms with Crippen LogP contribution in [0.1, 0.15) is 47.6 Å². The van der Waals surface area contributed by atoms with E-state index in [1.54, 1.807) is 5.38 Å². The molecule has 1 saturated carbocycles. The molecule has 1 aromatic heterocycles. The first-order valence-electron chi connectivity index (χ1n) is 5.49. The lowest BCUT2D eigenvalue weighted by Gasteiger charge is -2.31. The van der Waals surface area contributed by atoms with E-state index in [9.17, 15) is 4.79 Å². The van der Waals surface area contributed by atoms with Gasteiger partial charge in [0.2, 0.25) is 0 Å². The summed E-state index contributed by atoms with van der Waals surface area (Å²) >= 11 is 1.46. The van der Waals surface area contributed by atoms with Gasteiger partial charge in [-0.1, -0.05) is 19.3 Å². The van der Waals surface area contributed by atoms with Gasteiger partial charge in [0.05, 0.1) is 12.6 Å². The molecule has 1 aromatic rings. The quantitative estimate of drug-likeness (QED) is 0.803. The number of nitrogens with two attached hydrogens (primary N) is 1. The van der Waals surface area contributed by atoms with E-state index in [2.05, 4.69) is 9.72 Å². The van der Waals surface area contributed by atoms with Crippen molar-refractivity contribution in [3.05, 3.63) is 16.1 Å². The number of esters is 1. The summed E-state index contributed by atoms with van der Waals surface area (Å²) in [5.41, 5.74) is 6.38. The van der Waals surface area contributed by atoms with Crippen LogP contribution in [0.5, 0.6) is 0 Å². The van der Waals surface area contributed by atoms with E-state index in [-0.39, 0.29) is 11.5 Å². The number of rotatable bonds is 2. The van der Waals surface area contributed by atoms with E-state index >= 15 is 0 Å². The molecule has 5 heteroatoms. The molecule has 0 amide bonds. The fourth-order valence-corrected chi connectivity index (χ4v) is 3.06. The molecule has 1 aliphatic carbocycles. The number of aromatic nitrogens is 1. The summed E-state index contributed by atoms with van der Waals surface area (Å²) in [7, 11) is 1.36. The maximum atomic E-state index is 11.3. The van der Waals surface area contributed by atoms with Gasteiger partial charge in [-0.05, 0) is 12.8 Å². The Kier molecular flexibility index (Phi) is 3.25. The molecule has 4 nitrogen and oxygen atoms in total. The van der Waals surface area contributed by atoms with Crippen molar-refractivity contribution in [2.24, 2.45) is 5.73 Å². The van der Waals surface area contributed by atoms with E-state index in [1.165, 1.54) is 24.9 Å². The van der Waals surface area contributed by atoms with Gasteiger partial charge in [0, 0.05) is 5.38 Å². The molecule has 0 unspecified atom stereocenters. The minimum atomic E-state index is -0.387. The molecule has 16 heavy (non-hydrogen) atoms. The zero-order valence-electron chi connectivity index (χ0n) is 9.36. The lowest BCUT2D eigenvalue weighted by molar-refractivity contribution is 0.0594. The molecule has 0 aromatic carbocycles. The Morgan fingerprint density at radius 3 is 2.81 bits per heavy atom. The van der Waals surface area contributed by atoms with Gasteiger partial charge in [0.1, 0.15) is 5.01 Å². The van der Waals surface area contributed by atoms with Crippen molar-refractivity contribution in [2.75, 3.05) is 7.11 Å². The summed E-state index contributed by atoms with van der Waals surface area (Å²) in [5.74, 6) is -0.387. The highest BCUT2D eigenvalue weighted by molar-refractivity contribution is 7.10. The molecule has 2 N–H and O–H groups in total. The Bertz CT molecular complexity index is 383. The number of carbonyl (C=O) groups is 1. The van der Waals surface area contributed by atoms with Crippen LogP contribution in [0.25, 0.3) is 0 Å². The molecule has 0 aliphatic heterocycles. The molecule has 0 radical (unpaired) electrons. The minimum Gasteiger partial charge on any atom is -0.464 e. The summed E-state index contributed by atoms with van der Waals surface area (Å²) in [6, 6.07) is 0. The van der Waals surface area contributed by atoms with Crippen molar-refractivity contribution >= 4 is 17.3 Å². The summed E-state index contributed by atoms with van der Waals surface area (Å²) in [4.78, 5) is 15.6. The smallest absolute Gasteiger partial charge is 0.357 e. The molecule has 88 valence electrons. The van der Waals surface area contributed by atoms with Gasteiger partial charge in [0.25, 0.3) is 0 Å². The van der Waals surface area contributed by atoms with Crippen molar-refractivity contribution in [1.29, 1.82) is 0 Å². The topological polar surface area (TPSA) is 65.2 Å². The molecule has 0 saturated heterocycles. The van der Waals surface area contributed by atoms with Crippen molar-refractivity contribution in [3.8, 4) is 0 Å². The van der Waals surface area contributed by atoms with Crippen LogP contribution in [0.15, 0.2) is 5.38 Å². The van der Waals surface area contributed by atoms with Gasteiger partial charge in [-0.2, -0.15) is 0 Å². The third-order valence-corrected chi connectivity index (χ3v) is 4.13. The van der Waals surface area contributed by atoms with E-state index < -0.39 is 0 Å². The molecule has 2 rings (SSSR count). The Morgan fingerprint density at radius 2 is 2.19 bits per heavy atom. The number of methoxy groups -OCH3 is 1. The number of hydrogen-bond donors (Lipinski definition) is 1. The van der Waals surface area contributed by atoms with E-state index in [1.807, 2.05) is 0 Å². The Balaban J connectivity index is 2.20. The fourth-order valence-electron chi connectivity index (χ4n) is 2.10. The SMILES string of the molecule is COC(=O)c1csc(C2(N)CCCCC2)n1. The molecule has 0 atom stereocenters. The van der Waals surface area contributed by atoms with Crippen LogP contribution in [-0.4, -0.2) is 18.1 Å². The zero-order chi connectivity index (χ0) is 11.6. The van der Waals surface area contributed by atoms with Crippen LogP contribution < -0.4 is 5.73 Å². The molecule has 1 aliphatic rings. The molecule has 0 bridgehead atoms. The zero-order valence-corrected chi connectivity index (χ0v) is 10.2. The Morgan fingerprint density at radius 1 is 1.50 bits per heavy atom.